The highest BCUT2D eigenvalue weighted by Crippen LogP contribution is 2.16. The number of halogens is 2. The minimum absolute atomic E-state index is 0.0480. The molecule has 0 aliphatic carbocycles. The largest absolute Gasteiger partial charge is 0.420 e. The van der Waals surface area contributed by atoms with Gasteiger partial charge in [0.1, 0.15) is 6.67 Å². The van der Waals surface area contributed by atoms with Crippen LogP contribution in [0.3, 0.4) is 0 Å². The maximum atomic E-state index is 12.1. The zero-order chi connectivity index (χ0) is 10.1. The van der Waals surface area contributed by atoms with Crippen LogP contribution in [0.2, 0.25) is 0 Å². The van der Waals surface area contributed by atoms with Gasteiger partial charge >= 0.3 is 5.76 Å². The minimum atomic E-state index is -0.569. The van der Waals surface area contributed by atoms with Gasteiger partial charge < -0.3 is 4.42 Å². The Morgan fingerprint density at radius 2 is 2.29 bits per heavy atom. The van der Waals surface area contributed by atoms with E-state index in [4.69, 9.17) is 4.42 Å². The number of aryl methyl sites for hydroxylation is 1. The first-order valence-corrected chi connectivity index (χ1v) is 5.15. The van der Waals surface area contributed by atoms with Gasteiger partial charge in [-0.15, -0.1) is 0 Å². The fraction of sp³-hybridized carbons (Fsp3) is 0.222. The van der Waals surface area contributed by atoms with Crippen LogP contribution in [0, 0.1) is 3.57 Å². The number of hydrogen-bond acceptors (Lipinski definition) is 2. The Kier molecular flexibility index (Phi) is 2.58. The predicted molar refractivity (Wildman–Crippen MR) is 59.2 cm³/mol. The molecule has 0 aliphatic rings. The molecule has 0 saturated heterocycles. The van der Waals surface area contributed by atoms with Crippen molar-refractivity contribution in [1.29, 1.82) is 0 Å². The van der Waals surface area contributed by atoms with Crippen LogP contribution in [0.25, 0.3) is 11.1 Å². The highest BCUT2D eigenvalue weighted by atomic mass is 127. The molecule has 0 atom stereocenters. The minimum Gasteiger partial charge on any atom is -0.408 e. The number of oxazole rings is 1. The number of rotatable bonds is 2. The van der Waals surface area contributed by atoms with Crippen LogP contribution in [0.1, 0.15) is 0 Å². The molecule has 74 valence electrons. The van der Waals surface area contributed by atoms with E-state index in [1.54, 1.807) is 12.1 Å². The van der Waals surface area contributed by atoms with Crippen LogP contribution in [0.5, 0.6) is 0 Å². The molecule has 0 unspecified atom stereocenters. The van der Waals surface area contributed by atoms with Gasteiger partial charge in [0.25, 0.3) is 0 Å². The molecular weight excluding hydrogens is 300 g/mol. The Bertz CT molecular complexity index is 517. The van der Waals surface area contributed by atoms with E-state index >= 15 is 0 Å². The predicted octanol–water partition coefficient (Wildman–Crippen LogP) is 2.17. The number of hydrogen-bond donors (Lipinski definition) is 0. The second-order valence-corrected chi connectivity index (χ2v) is 4.07. The van der Waals surface area contributed by atoms with Crippen molar-refractivity contribution in [2.24, 2.45) is 0 Å². The third-order valence-electron chi connectivity index (χ3n) is 1.94. The van der Waals surface area contributed by atoms with Gasteiger partial charge in [-0.25, -0.2) is 9.18 Å². The molecule has 0 N–H and O–H groups in total. The summed E-state index contributed by atoms with van der Waals surface area (Å²) in [5.74, 6) is -0.500. The Morgan fingerprint density at radius 1 is 1.50 bits per heavy atom. The average molecular weight is 307 g/mol. The summed E-state index contributed by atoms with van der Waals surface area (Å²) >= 11 is 2.12. The van der Waals surface area contributed by atoms with E-state index in [0.29, 0.717) is 11.1 Å². The first-order valence-electron chi connectivity index (χ1n) is 4.07. The third-order valence-corrected chi connectivity index (χ3v) is 2.61. The fourth-order valence-electron chi connectivity index (χ4n) is 1.34. The molecule has 2 aromatic rings. The first kappa shape index (κ1) is 9.70. The summed E-state index contributed by atoms with van der Waals surface area (Å²) in [7, 11) is 0. The summed E-state index contributed by atoms with van der Waals surface area (Å²) in [6.45, 7) is -0.521. The lowest BCUT2D eigenvalue weighted by Crippen LogP contribution is -2.14. The molecule has 1 heterocycles. The van der Waals surface area contributed by atoms with Crippen molar-refractivity contribution < 1.29 is 8.81 Å². The van der Waals surface area contributed by atoms with E-state index in [2.05, 4.69) is 22.6 Å². The van der Waals surface area contributed by atoms with Gasteiger partial charge in [0.2, 0.25) is 0 Å². The zero-order valence-corrected chi connectivity index (χ0v) is 9.32. The Hall–Kier alpha value is -0.850. The molecule has 0 aliphatic heterocycles. The standard InChI is InChI=1S/C9H7FINO2/c10-3-4-12-7-2-1-6(11)5-8(7)14-9(12)13/h1-2,5H,3-4H2. The van der Waals surface area contributed by atoms with Gasteiger partial charge in [-0.3, -0.25) is 4.57 Å². The monoisotopic (exact) mass is 307 g/mol. The van der Waals surface area contributed by atoms with Crippen LogP contribution < -0.4 is 5.76 Å². The van der Waals surface area contributed by atoms with Crippen LogP contribution in [0.15, 0.2) is 27.4 Å². The molecule has 5 heteroatoms. The molecule has 1 aromatic heterocycles. The molecule has 0 spiro atoms. The molecule has 0 saturated carbocycles. The summed E-state index contributed by atoms with van der Waals surface area (Å²) < 4.78 is 19.4. The van der Waals surface area contributed by atoms with E-state index in [1.165, 1.54) is 4.57 Å². The lowest BCUT2D eigenvalue weighted by atomic mass is 10.3. The lowest BCUT2D eigenvalue weighted by Gasteiger charge is -1.96. The van der Waals surface area contributed by atoms with Gasteiger partial charge in [-0.05, 0) is 40.8 Å². The number of benzene rings is 1. The molecule has 0 bridgehead atoms. The first-order chi connectivity index (χ1) is 6.72. The maximum absolute atomic E-state index is 12.1. The molecule has 14 heavy (non-hydrogen) atoms. The van der Waals surface area contributed by atoms with Crippen molar-refractivity contribution in [3.63, 3.8) is 0 Å². The van der Waals surface area contributed by atoms with Gasteiger partial charge in [-0.2, -0.15) is 0 Å². The van der Waals surface area contributed by atoms with Crippen LogP contribution in [0.4, 0.5) is 4.39 Å². The third kappa shape index (κ3) is 1.56. The molecule has 0 radical (unpaired) electrons. The van der Waals surface area contributed by atoms with Crippen molar-refractivity contribution in [3.8, 4) is 0 Å². The second kappa shape index (κ2) is 3.72. The fourth-order valence-corrected chi connectivity index (χ4v) is 1.80. The average Bonchev–Trinajstić information content (AvgIpc) is 2.43. The van der Waals surface area contributed by atoms with E-state index in [0.717, 1.165) is 3.57 Å². The summed E-state index contributed by atoms with van der Waals surface area (Å²) in [5.41, 5.74) is 1.16. The van der Waals surface area contributed by atoms with Crippen molar-refractivity contribution >= 4 is 33.7 Å². The summed E-state index contributed by atoms with van der Waals surface area (Å²) in [4.78, 5) is 11.3. The number of nitrogens with zero attached hydrogens (tertiary/aromatic N) is 1. The number of fused-ring (bicyclic) bond motifs is 1. The maximum Gasteiger partial charge on any atom is 0.420 e. The van der Waals surface area contributed by atoms with Crippen molar-refractivity contribution in [2.45, 2.75) is 6.54 Å². The van der Waals surface area contributed by atoms with Crippen molar-refractivity contribution in [2.75, 3.05) is 6.67 Å². The molecule has 0 amide bonds. The second-order valence-electron chi connectivity index (χ2n) is 2.82. The Labute approximate surface area is 92.7 Å². The Morgan fingerprint density at radius 3 is 3.00 bits per heavy atom. The van der Waals surface area contributed by atoms with Gasteiger partial charge in [0.15, 0.2) is 5.58 Å². The zero-order valence-electron chi connectivity index (χ0n) is 7.17. The Balaban J connectivity index is 2.71. The lowest BCUT2D eigenvalue weighted by molar-refractivity contribution is 0.422. The van der Waals surface area contributed by atoms with Gasteiger partial charge in [0, 0.05) is 3.57 Å². The summed E-state index contributed by atoms with van der Waals surface area (Å²) in [6.07, 6.45) is 0. The van der Waals surface area contributed by atoms with E-state index < -0.39 is 12.4 Å². The topological polar surface area (TPSA) is 35.1 Å². The van der Waals surface area contributed by atoms with E-state index in [9.17, 15) is 9.18 Å². The SMILES string of the molecule is O=c1oc2cc(I)ccc2n1CCF. The smallest absolute Gasteiger partial charge is 0.408 e. The van der Waals surface area contributed by atoms with Crippen molar-refractivity contribution in [3.05, 3.63) is 32.3 Å². The number of alkyl halides is 1. The summed E-state index contributed by atoms with van der Waals surface area (Å²) in [5, 5.41) is 0. The van der Waals surface area contributed by atoms with Crippen LogP contribution in [-0.4, -0.2) is 11.2 Å². The highest BCUT2D eigenvalue weighted by molar-refractivity contribution is 14.1. The molecular formula is C9H7FINO2. The van der Waals surface area contributed by atoms with Crippen LogP contribution in [-0.2, 0) is 6.54 Å². The van der Waals surface area contributed by atoms with Crippen LogP contribution >= 0.6 is 22.6 Å². The molecule has 2 rings (SSSR count). The normalized spacial score (nSPS) is 11.0. The van der Waals surface area contributed by atoms with Gasteiger partial charge in [0.05, 0.1) is 12.1 Å². The summed E-state index contributed by atoms with van der Waals surface area (Å²) in [6, 6.07) is 5.37. The highest BCUT2D eigenvalue weighted by Gasteiger charge is 2.08. The van der Waals surface area contributed by atoms with Gasteiger partial charge in [-0.1, -0.05) is 0 Å². The van der Waals surface area contributed by atoms with E-state index in [-0.39, 0.29) is 6.54 Å². The quantitative estimate of drug-likeness (QED) is 0.797. The molecule has 3 nitrogen and oxygen atoms in total. The number of aromatic nitrogens is 1. The molecule has 0 fully saturated rings. The van der Waals surface area contributed by atoms with Crippen molar-refractivity contribution in [1.82, 2.24) is 4.57 Å². The van der Waals surface area contributed by atoms with E-state index in [1.807, 2.05) is 6.07 Å². The molecule has 1 aromatic carbocycles.